The number of benzene rings is 1. The zero-order valence-corrected chi connectivity index (χ0v) is 15.8. The molecule has 2 aliphatic heterocycles. The predicted octanol–water partition coefficient (Wildman–Crippen LogP) is 1.48. The molecule has 0 saturated carbocycles. The largest absolute Gasteiger partial charge is 0.457 e. The molecule has 1 atom stereocenters. The number of rotatable bonds is 3. The molecule has 0 aromatic heterocycles. The number of ether oxygens (including phenoxy) is 2. The van der Waals surface area contributed by atoms with Crippen molar-refractivity contribution in [3.8, 4) is 0 Å². The lowest BCUT2D eigenvalue weighted by Crippen LogP contribution is -2.67. The predicted molar refractivity (Wildman–Crippen MR) is 94.8 cm³/mol. The van der Waals surface area contributed by atoms with Crippen molar-refractivity contribution in [1.29, 1.82) is 0 Å². The third kappa shape index (κ3) is 3.05. The molecule has 3 rings (SSSR count). The minimum Gasteiger partial charge on any atom is -0.457 e. The van der Waals surface area contributed by atoms with E-state index in [9.17, 15) is 19.2 Å². The molecule has 0 N–H and O–H groups in total. The minimum absolute atomic E-state index is 0.0908. The topological polar surface area (TPSA) is 93.2 Å². The number of likely N-dealkylation sites (N-methyl/N-ethyl adjacent to an activating group) is 1. The van der Waals surface area contributed by atoms with Crippen LogP contribution in [0.4, 0.5) is 5.69 Å². The van der Waals surface area contributed by atoms with Gasteiger partial charge in [0.05, 0.1) is 11.3 Å². The number of esters is 2. The molecule has 0 unspecified atom stereocenters. The van der Waals surface area contributed by atoms with E-state index in [1.807, 2.05) is 0 Å². The fourth-order valence-electron chi connectivity index (χ4n) is 3.50. The highest BCUT2D eigenvalue weighted by Crippen LogP contribution is 2.44. The summed E-state index contributed by atoms with van der Waals surface area (Å²) in [6.07, 6.45) is 0.184. The monoisotopic (exact) mass is 374 g/mol. The van der Waals surface area contributed by atoms with Crippen molar-refractivity contribution in [3.63, 3.8) is 0 Å². The van der Waals surface area contributed by atoms with Crippen LogP contribution in [-0.4, -0.2) is 53.6 Å². The maximum absolute atomic E-state index is 13.0. The van der Waals surface area contributed by atoms with Gasteiger partial charge in [0.15, 0.2) is 6.61 Å². The van der Waals surface area contributed by atoms with Crippen molar-refractivity contribution >= 4 is 29.4 Å². The van der Waals surface area contributed by atoms with Crippen LogP contribution in [0.1, 0.15) is 44.0 Å². The third-order valence-electron chi connectivity index (χ3n) is 4.61. The summed E-state index contributed by atoms with van der Waals surface area (Å²) in [5, 5.41) is 0. The molecule has 0 bridgehead atoms. The molecular formula is C19H22N2O6. The maximum atomic E-state index is 13.0. The minimum atomic E-state index is -1.59. The standard InChI is InChI=1S/C19H22N2O6/c1-18(2,3)27-15(23)11-26-17(25)19-10-9-14(22)21(19)13-8-6-5-7-12(13)16(24)20(19)4/h5-8H,9-11H2,1-4H3/t19-/m1/s1. The number of hydrogen-bond donors (Lipinski definition) is 0. The van der Waals surface area contributed by atoms with Gasteiger partial charge in [-0.1, -0.05) is 12.1 Å². The number of hydrogen-bond acceptors (Lipinski definition) is 6. The summed E-state index contributed by atoms with van der Waals surface area (Å²) in [4.78, 5) is 52.7. The third-order valence-corrected chi connectivity index (χ3v) is 4.61. The van der Waals surface area contributed by atoms with Crippen LogP contribution < -0.4 is 4.90 Å². The SMILES string of the molecule is CN1C(=O)c2ccccc2N2C(=O)CC[C@@]12C(=O)OCC(=O)OC(C)(C)C. The highest BCUT2D eigenvalue weighted by Gasteiger charge is 2.60. The van der Waals surface area contributed by atoms with E-state index in [4.69, 9.17) is 9.47 Å². The smallest absolute Gasteiger partial charge is 0.354 e. The molecule has 2 heterocycles. The fourth-order valence-corrected chi connectivity index (χ4v) is 3.50. The van der Waals surface area contributed by atoms with Crippen LogP contribution in [0, 0.1) is 0 Å². The average Bonchev–Trinajstić information content (AvgIpc) is 2.95. The van der Waals surface area contributed by atoms with Gasteiger partial charge in [0, 0.05) is 19.9 Å². The summed E-state index contributed by atoms with van der Waals surface area (Å²) >= 11 is 0. The lowest BCUT2D eigenvalue weighted by molar-refractivity contribution is -0.171. The summed E-state index contributed by atoms with van der Waals surface area (Å²) in [7, 11) is 1.46. The van der Waals surface area contributed by atoms with E-state index >= 15 is 0 Å². The lowest BCUT2D eigenvalue weighted by atomic mass is 9.97. The fraction of sp³-hybridized carbons (Fsp3) is 0.474. The highest BCUT2D eigenvalue weighted by molar-refractivity contribution is 6.15. The second-order valence-corrected chi connectivity index (χ2v) is 7.59. The van der Waals surface area contributed by atoms with E-state index in [2.05, 4.69) is 0 Å². The lowest BCUT2D eigenvalue weighted by Gasteiger charge is -2.46. The number of para-hydroxylation sites is 1. The van der Waals surface area contributed by atoms with Crippen LogP contribution in [0.5, 0.6) is 0 Å². The molecule has 8 heteroatoms. The van der Waals surface area contributed by atoms with Gasteiger partial charge in [-0.15, -0.1) is 0 Å². The Morgan fingerprint density at radius 1 is 1.19 bits per heavy atom. The van der Waals surface area contributed by atoms with Crippen LogP contribution >= 0.6 is 0 Å². The average molecular weight is 374 g/mol. The van der Waals surface area contributed by atoms with E-state index < -0.39 is 29.8 Å². The van der Waals surface area contributed by atoms with Crippen LogP contribution in [0.3, 0.4) is 0 Å². The van der Waals surface area contributed by atoms with E-state index in [0.29, 0.717) is 11.3 Å². The summed E-state index contributed by atoms with van der Waals surface area (Å²) in [6, 6.07) is 6.62. The summed E-state index contributed by atoms with van der Waals surface area (Å²) in [6.45, 7) is 4.51. The normalized spacial score (nSPS) is 21.6. The number of fused-ring (bicyclic) bond motifs is 3. The van der Waals surface area contributed by atoms with Crippen LogP contribution in [0.2, 0.25) is 0 Å². The highest BCUT2D eigenvalue weighted by atomic mass is 16.6. The first-order valence-electron chi connectivity index (χ1n) is 8.67. The molecule has 0 spiro atoms. The first-order chi connectivity index (χ1) is 12.6. The number of anilines is 1. The molecule has 144 valence electrons. The van der Waals surface area contributed by atoms with Crippen molar-refractivity contribution in [1.82, 2.24) is 4.90 Å². The first kappa shape index (κ1) is 18.9. The summed E-state index contributed by atoms with van der Waals surface area (Å²) < 4.78 is 10.3. The van der Waals surface area contributed by atoms with Gasteiger partial charge in [-0.2, -0.15) is 0 Å². The number of carbonyl (C=O) groups excluding carboxylic acids is 4. The Kier molecular flexibility index (Phi) is 4.45. The van der Waals surface area contributed by atoms with E-state index in [-0.39, 0.29) is 24.7 Å². The van der Waals surface area contributed by atoms with Gasteiger partial charge >= 0.3 is 11.9 Å². The Labute approximate surface area is 157 Å². The molecule has 27 heavy (non-hydrogen) atoms. The Morgan fingerprint density at radius 3 is 2.52 bits per heavy atom. The van der Waals surface area contributed by atoms with Crippen molar-refractivity contribution < 1.29 is 28.7 Å². The molecule has 2 amide bonds. The molecule has 1 aromatic carbocycles. The van der Waals surface area contributed by atoms with Crippen LogP contribution in [0.25, 0.3) is 0 Å². The summed E-state index contributed by atoms with van der Waals surface area (Å²) in [5.41, 5.74) is -1.60. The Balaban J connectivity index is 1.91. The van der Waals surface area contributed by atoms with Gasteiger partial charge in [0.1, 0.15) is 5.60 Å². The van der Waals surface area contributed by atoms with E-state index in [1.54, 1.807) is 45.0 Å². The Morgan fingerprint density at radius 2 is 1.85 bits per heavy atom. The molecular weight excluding hydrogens is 352 g/mol. The maximum Gasteiger partial charge on any atom is 0.354 e. The quantitative estimate of drug-likeness (QED) is 0.744. The zero-order chi connectivity index (χ0) is 20.0. The second kappa shape index (κ2) is 6.37. The van der Waals surface area contributed by atoms with Crippen LogP contribution in [0.15, 0.2) is 24.3 Å². The molecule has 8 nitrogen and oxygen atoms in total. The Hall–Kier alpha value is -2.90. The van der Waals surface area contributed by atoms with E-state index in [1.165, 1.54) is 16.8 Å². The second-order valence-electron chi connectivity index (χ2n) is 7.59. The van der Waals surface area contributed by atoms with Gasteiger partial charge in [-0.3, -0.25) is 14.5 Å². The molecule has 0 radical (unpaired) electrons. The van der Waals surface area contributed by atoms with E-state index in [0.717, 1.165) is 0 Å². The number of nitrogens with zero attached hydrogens (tertiary/aromatic N) is 2. The molecule has 1 saturated heterocycles. The number of amides is 2. The van der Waals surface area contributed by atoms with Crippen molar-refractivity contribution in [2.24, 2.45) is 0 Å². The van der Waals surface area contributed by atoms with Crippen molar-refractivity contribution in [2.45, 2.75) is 44.9 Å². The van der Waals surface area contributed by atoms with Gasteiger partial charge in [0.2, 0.25) is 11.6 Å². The molecule has 1 fully saturated rings. The molecule has 0 aliphatic carbocycles. The number of carbonyl (C=O) groups is 4. The molecule has 1 aromatic rings. The van der Waals surface area contributed by atoms with Gasteiger partial charge in [-0.05, 0) is 32.9 Å². The molecule has 2 aliphatic rings. The van der Waals surface area contributed by atoms with Crippen LogP contribution in [-0.2, 0) is 23.9 Å². The van der Waals surface area contributed by atoms with Gasteiger partial charge in [-0.25, -0.2) is 9.59 Å². The Bertz CT molecular complexity index is 828. The zero-order valence-electron chi connectivity index (χ0n) is 15.8. The van der Waals surface area contributed by atoms with Gasteiger partial charge in [0.25, 0.3) is 5.91 Å². The van der Waals surface area contributed by atoms with Crippen molar-refractivity contribution in [2.75, 3.05) is 18.6 Å². The summed E-state index contributed by atoms with van der Waals surface area (Å²) in [5.74, 6) is -2.19. The van der Waals surface area contributed by atoms with Gasteiger partial charge < -0.3 is 14.4 Å². The van der Waals surface area contributed by atoms with Crippen molar-refractivity contribution in [3.05, 3.63) is 29.8 Å². The first-order valence-corrected chi connectivity index (χ1v) is 8.67.